The second kappa shape index (κ2) is 8.06. The molecule has 6 heteroatoms. The van der Waals surface area contributed by atoms with Gasteiger partial charge in [-0.05, 0) is 30.3 Å². The van der Waals surface area contributed by atoms with Crippen LogP contribution in [0.25, 0.3) is 0 Å². The molecule has 0 aliphatic carbocycles. The molecule has 0 radical (unpaired) electrons. The normalized spacial score (nSPS) is 10.6. The molecular formula is C20H17ClFNO3. The number of benzene rings is 2. The van der Waals surface area contributed by atoms with Gasteiger partial charge in [0, 0.05) is 34.5 Å². The molecular weight excluding hydrogens is 357 g/mol. The van der Waals surface area contributed by atoms with Crippen molar-refractivity contribution in [3.05, 3.63) is 93.1 Å². The first-order valence-electron chi connectivity index (χ1n) is 7.95. The molecule has 3 rings (SSSR count). The van der Waals surface area contributed by atoms with Gasteiger partial charge in [0.2, 0.25) is 0 Å². The summed E-state index contributed by atoms with van der Waals surface area (Å²) >= 11 is 5.76. The Morgan fingerprint density at radius 3 is 2.65 bits per heavy atom. The lowest BCUT2D eigenvalue weighted by Crippen LogP contribution is -2.20. The van der Waals surface area contributed by atoms with Gasteiger partial charge in [-0.25, -0.2) is 4.39 Å². The third kappa shape index (κ3) is 4.43. The molecule has 0 saturated heterocycles. The molecule has 0 aliphatic heterocycles. The number of aromatic nitrogens is 1. The Balaban J connectivity index is 1.75. The van der Waals surface area contributed by atoms with Crippen molar-refractivity contribution >= 4 is 11.6 Å². The van der Waals surface area contributed by atoms with Gasteiger partial charge >= 0.3 is 0 Å². The van der Waals surface area contributed by atoms with Crippen LogP contribution in [0.4, 0.5) is 4.39 Å². The Bertz CT molecular complexity index is 971. The second-order valence-electron chi connectivity index (χ2n) is 5.71. The fraction of sp³-hybridized carbons (Fsp3) is 0.150. The number of hydrogen-bond donors (Lipinski definition) is 0. The fourth-order valence-electron chi connectivity index (χ4n) is 2.48. The van der Waals surface area contributed by atoms with E-state index in [0.29, 0.717) is 22.1 Å². The molecule has 1 aromatic heterocycles. The molecule has 134 valence electrons. The zero-order chi connectivity index (χ0) is 18.5. The highest BCUT2D eigenvalue weighted by molar-refractivity contribution is 6.30. The van der Waals surface area contributed by atoms with Gasteiger partial charge in [-0.2, -0.15) is 0 Å². The largest absolute Gasteiger partial charge is 0.497 e. The van der Waals surface area contributed by atoms with Crippen molar-refractivity contribution in [2.45, 2.75) is 13.2 Å². The van der Waals surface area contributed by atoms with Crippen LogP contribution in [-0.2, 0) is 13.2 Å². The van der Waals surface area contributed by atoms with E-state index in [1.165, 1.54) is 16.7 Å². The summed E-state index contributed by atoms with van der Waals surface area (Å²) in [4.78, 5) is 12.1. The summed E-state index contributed by atoms with van der Waals surface area (Å²) < 4.78 is 26.3. The van der Waals surface area contributed by atoms with Crippen LogP contribution in [0.3, 0.4) is 0 Å². The molecule has 0 spiro atoms. The molecule has 0 bridgehead atoms. The van der Waals surface area contributed by atoms with Crippen molar-refractivity contribution in [3.63, 3.8) is 0 Å². The van der Waals surface area contributed by atoms with Crippen LogP contribution in [0.1, 0.15) is 11.1 Å². The summed E-state index contributed by atoms with van der Waals surface area (Å²) in [7, 11) is 1.59. The lowest BCUT2D eigenvalue weighted by atomic mass is 10.2. The minimum absolute atomic E-state index is 0.120. The summed E-state index contributed by atoms with van der Waals surface area (Å²) in [6.45, 7) is 0.394. The van der Waals surface area contributed by atoms with Crippen LogP contribution in [0.15, 0.2) is 65.6 Å². The van der Waals surface area contributed by atoms with Crippen LogP contribution in [0, 0.1) is 5.82 Å². The average Bonchev–Trinajstić information content (AvgIpc) is 2.64. The van der Waals surface area contributed by atoms with E-state index in [2.05, 4.69) is 0 Å². The molecule has 0 amide bonds. The van der Waals surface area contributed by atoms with Gasteiger partial charge in [0.15, 0.2) is 0 Å². The molecule has 4 nitrogen and oxygen atoms in total. The first kappa shape index (κ1) is 18.0. The summed E-state index contributed by atoms with van der Waals surface area (Å²) in [6.07, 6.45) is 1.66. The Morgan fingerprint density at radius 2 is 1.88 bits per heavy atom. The molecule has 0 fully saturated rings. The van der Waals surface area contributed by atoms with Crippen molar-refractivity contribution in [1.82, 2.24) is 4.57 Å². The third-order valence-corrected chi connectivity index (χ3v) is 4.08. The number of hydrogen-bond acceptors (Lipinski definition) is 3. The molecule has 0 atom stereocenters. The van der Waals surface area contributed by atoms with E-state index in [1.54, 1.807) is 37.6 Å². The summed E-state index contributed by atoms with van der Waals surface area (Å²) in [6, 6.07) is 14.8. The minimum Gasteiger partial charge on any atom is -0.497 e. The maximum Gasteiger partial charge on any atom is 0.250 e. The molecule has 0 N–H and O–H groups in total. The number of methoxy groups -OCH3 is 1. The first-order valence-corrected chi connectivity index (χ1v) is 8.33. The fourth-order valence-corrected chi connectivity index (χ4v) is 2.64. The van der Waals surface area contributed by atoms with Crippen LogP contribution >= 0.6 is 11.6 Å². The first-order chi connectivity index (χ1) is 12.5. The maximum absolute atomic E-state index is 14.0. The zero-order valence-electron chi connectivity index (χ0n) is 14.1. The van der Waals surface area contributed by atoms with Crippen LogP contribution < -0.4 is 15.0 Å². The van der Waals surface area contributed by atoms with E-state index in [1.807, 2.05) is 18.2 Å². The number of nitrogens with zero attached hydrogens (tertiary/aromatic N) is 1. The topological polar surface area (TPSA) is 40.5 Å². The van der Waals surface area contributed by atoms with E-state index >= 15 is 0 Å². The van der Waals surface area contributed by atoms with Gasteiger partial charge in [0.05, 0.1) is 13.7 Å². The highest BCUT2D eigenvalue weighted by Crippen LogP contribution is 2.20. The molecule has 0 unspecified atom stereocenters. The van der Waals surface area contributed by atoms with E-state index in [9.17, 15) is 9.18 Å². The predicted octanol–water partition coefficient (Wildman–Crippen LogP) is 4.28. The molecule has 1 heterocycles. The van der Waals surface area contributed by atoms with E-state index in [4.69, 9.17) is 21.1 Å². The van der Waals surface area contributed by atoms with Crippen molar-refractivity contribution in [1.29, 1.82) is 0 Å². The van der Waals surface area contributed by atoms with E-state index in [0.717, 1.165) is 5.56 Å². The quantitative estimate of drug-likeness (QED) is 0.647. The SMILES string of the molecule is COc1cccc(OCc2ccc(=O)n(Cc3ccc(Cl)cc3F)c2)c1. The van der Waals surface area contributed by atoms with E-state index in [-0.39, 0.29) is 18.7 Å². The molecule has 0 aliphatic rings. The van der Waals surface area contributed by atoms with Crippen molar-refractivity contribution in [2.75, 3.05) is 7.11 Å². The van der Waals surface area contributed by atoms with Gasteiger partial charge in [-0.1, -0.05) is 23.7 Å². The summed E-state index contributed by atoms with van der Waals surface area (Å²) in [5, 5.41) is 0.319. The average molecular weight is 374 g/mol. The molecule has 0 saturated carbocycles. The smallest absolute Gasteiger partial charge is 0.250 e. The van der Waals surface area contributed by atoms with E-state index < -0.39 is 5.82 Å². The van der Waals surface area contributed by atoms with Gasteiger partial charge in [-0.3, -0.25) is 4.79 Å². The van der Waals surface area contributed by atoms with Gasteiger partial charge < -0.3 is 14.0 Å². The number of pyridine rings is 1. The standard InChI is InChI=1S/C20H17ClFNO3/c1-25-17-3-2-4-18(10-17)26-13-14-5-8-20(24)23(11-14)12-15-6-7-16(21)9-19(15)22/h2-11H,12-13H2,1H3. The number of rotatable bonds is 6. The Morgan fingerprint density at radius 1 is 1.08 bits per heavy atom. The number of ether oxygens (including phenoxy) is 2. The Kier molecular flexibility index (Phi) is 5.58. The highest BCUT2D eigenvalue weighted by Gasteiger charge is 2.07. The molecule has 3 aromatic rings. The van der Waals surface area contributed by atoms with Crippen LogP contribution in [-0.4, -0.2) is 11.7 Å². The predicted molar refractivity (Wildman–Crippen MR) is 98.5 cm³/mol. The summed E-state index contributed by atoms with van der Waals surface area (Å²) in [5.41, 5.74) is 0.966. The van der Waals surface area contributed by atoms with Crippen molar-refractivity contribution < 1.29 is 13.9 Å². The van der Waals surface area contributed by atoms with Gasteiger partial charge in [-0.15, -0.1) is 0 Å². The lowest BCUT2D eigenvalue weighted by Gasteiger charge is -2.11. The third-order valence-electron chi connectivity index (χ3n) is 3.85. The monoisotopic (exact) mass is 373 g/mol. The lowest BCUT2D eigenvalue weighted by molar-refractivity contribution is 0.302. The molecule has 2 aromatic carbocycles. The Labute approximate surface area is 155 Å². The van der Waals surface area contributed by atoms with Gasteiger partial charge in [0.1, 0.15) is 23.9 Å². The summed E-state index contributed by atoms with van der Waals surface area (Å²) in [5.74, 6) is 0.916. The molecule has 26 heavy (non-hydrogen) atoms. The van der Waals surface area contributed by atoms with Crippen molar-refractivity contribution in [3.8, 4) is 11.5 Å². The van der Waals surface area contributed by atoms with Gasteiger partial charge in [0.25, 0.3) is 5.56 Å². The zero-order valence-corrected chi connectivity index (χ0v) is 14.9. The minimum atomic E-state index is -0.442. The van der Waals surface area contributed by atoms with Crippen LogP contribution in [0.2, 0.25) is 5.02 Å². The maximum atomic E-state index is 14.0. The second-order valence-corrected chi connectivity index (χ2v) is 6.14. The number of halogens is 2. The highest BCUT2D eigenvalue weighted by atomic mass is 35.5. The Hall–Kier alpha value is -2.79. The van der Waals surface area contributed by atoms with Crippen LogP contribution in [0.5, 0.6) is 11.5 Å². The van der Waals surface area contributed by atoms with Crippen molar-refractivity contribution in [2.24, 2.45) is 0 Å².